The number of amides is 1. The smallest absolute Gasteiger partial charge is 0.260 e. The van der Waals surface area contributed by atoms with Crippen LogP contribution >= 0.6 is 11.3 Å². The lowest BCUT2D eigenvalue weighted by atomic mass is 10.1. The predicted octanol–water partition coefficient (Wildman–Crippen LogP) is 3.18. The Bertz CT molecular complexity index is 1080. The Labute approximate surface area is 164 Å². The van der Waals surface area contributed by atoms with Crippen molar-refractivity contribution in [1.29, 1.82) is 0 Å². The van der Waals surface area contributed by atoms with E-state index in [0.29, 0.717) is 4.83 Å². The third-order valence-electron chi connectivity index (χ3n) is 4.06. The lowest BCUT2D eigenvalue weighted by molar-refractivity contribution is 0.100. The van der Waals surface area contributed by atoms with Gasteiger partial charge in [0.25, 0.3) is 11.9 Å². The molecule has 0 aliphatic rings. The van der Waals surface area contributed by atoms with Crippen LogP contribution < -0.4 is 21.3 Å². The van der Waals surface area contributed by atoms with E-state index in [-0.39, 0.29) is 38.9 Å². The predicted molar refractivity (Wildman–Crippen MR) is 106 cm³/mol. The van der Waals surface area contributed by atoms with Crippen molar-refractivity contribution in [2.45, 2.75) is 26.3 Å². The number of carbonyl (C=O) groups excluding carboxylic acids is 1. The highest BCUT2D eigenvalue weighted by Gasteiger charge is 2.28. The lowest BCUT2D eigenvalue weighted by Crippen LogP contribution is -2.39. The minimum Gasteiger partial charge on any atom is -0.494 e. The molecule has 0 radical (unpaired) electrons. The lowest BCUT2D eigenvalue weighted by Gasteiger charge is -2.29. The van der Waals surface area contributed by atoms with Crippen LogP contribution in [0.5, 0.6) is 5.75 Å². The van der Waals surface area contributed by atoms with E-state index in [1.54, 1.807) is 26.8 Å². The zero-order valence-electron chi connectivity index (χ0n) is 15.8. The van der Waals surface area contributed by atoms with Gasteiger partial charge in [-0.25, -0.2) is 14.4 Å². The van der Waals surface area contributed by atoms with Crippen LogP contribution in [0.2, 0.25) is 0 Å². The maximum Gasteiger partial charge on any atom is 0.260 e. The first kappa shape index (κ1) is 19.8. The Kier molecular flexibility index (Phi) is 4.86. The molecule has 0 fully saturated rings. The second kappa shape index (κ2) is 6.88. The summed E-state index contributed by atoms with van der Waals surface area (Å²) in [6.07, 6.45) is 0. The van der Waals surface area contributed by atoms with Gasteiger partial charge in [0.2, 0.25) is 0 Å². The fourth-order valence-electron chi connectivity index (χ4n) is 2.63. The SMILES string of the molecule is COc1cccc(-c2nc(N(O)C(C)(C)C)nc3sc(C(N)=O)c(N)c23)c1F. The maximum atomic E-state index is 15.0. The van der Waals surface area contributed by atoms with E-state index < -0.39 is 17.3 Å². The number of primary amides is 1. The summed E-state index contributed by atoms with van der Waals surface area (Å²) < 4.78 is 20.0. The van der Waals surface area contributed by atoms with Crippen molar-refractivity contribution in [3.05, 3.63) is 28.9 Å². The molecular weight excluding hydrogens is 385 g/mol. The molecule has 2 aromatic heterocycles. The molecule has 0 spiro atoms. The van der Waals surface area contributed by atoms with E-state index in [2.05, 4.69) is 9.97 Å². The van der Waals surface area contributed by atoms with Gasteiger partial charge in [0.05, 0.1) is 29.4 Å². The molecule has 3 rings (SSSR count). The molecule has 10 heteroatoms. The zero-order chi connectivity index (χ0) is 20.8. The molecule has 8 nitrogen and oxygen atoms in total. The Hall–Kier alpha value is -2.98. The third kappa shape index (κ3) is 3.20. The number of methoxy groups -OCH3 is 1. The summed E-state index contributed by atoms with van der Waals surface area (Å²) >= 11 is 0.957. The van der Waals surface area contributed by atoms with Crippen LogP contribution in [0.3, 0.4) is 0 Å². The second-order valence-electron chi connectivity index (χ2n) is 7.07. The Morgan fingerprint density at radius 1 is 1.32 bits per heavy atom. The van der Waals surface area contributed by atoms with E-state index in [1.807, 2.05) is 0 Å². The van der Waals surface area contributed by atoms with Crippen LogP contribution in [-0.4, -0.2) is 33.7 Å². The number of hydrogen-bond donors (Lipinski definition) is 3. The number of thiophene rings is 1. The quantitative estimate of drug-likeness (QED) is 0.569. The van der Waals surface area contributed by atoms with E-state index in [4.69, 9.17) is 16.2 Å². The molecule has 28 heavy (non-hydrogen) atoms. The summed E-state index contributed by atoms with van der Waals surface area (Å²) in [6, 6.07) is 4.57. The van der Waals surface area contributed by atoms with E-state index in [1.165, 1.54) is 19.2 Å². The number of ether oxygens (including phenoxy) is 1. The summed E-state index contributed by atoms with van der Waals surface area (Å²) in [5.74, 6) is -1.42. The summed E-state index contributed by atoms with van der Waals surface area (Å²) in [5.41, 5.74) is 11.1. The number of fused-ring (bicyclic) bond motifs is 1. The fourth-order valence-corrected chi connectivity index (χ4v) is 3.58. The molecule has 0 saturated carbocycles. The number of benzene rings is 1. The molecule has 0 aliphatic heterocycles. The van der Waals surface area contributed by atoms with Crippen molar-refractivity contribution >= 4 is 39.1 Å². The van der Waals surface area contributed by atoms with Gasteiger partial charge in [-0.05, 0) is 32.9 Å². The number of carbonyl (C=O) groups is 1. The summed E-state index contributed by atoms with van der Waals surface area (Å²) in [5, 5.41) is 11.7. The van der Waals surface area contributed by atoms with E-state index in [9.17, 15) is 14.4 Å². The Balaban J connectivity index is 2.41. The number of rotatable bonds is 4. The highest BCUT2D eigenvalue weighted by molar-refractivity contribution is 7.21. The van der Waals surface area contributed by atoms with Crippen LogP contribution in [0.25, 0.3) is 21.5 Å². The molecule has 0 atom stereocenters. The molecule has 148 valence electrons. The first-order valence-electron chi connectivity index (χ1n) is 8.28. The van der Waals surface area contributed by atoms with Crippen molar-refractivity contribution in [3.8, 4) is 17.0 Å². The summed E-state index contributed by atoms with van der Waals surface area (Å²) in [6.45, 7) is 5.26. The first-order chi connectivity index (χ1) is 13.1. The van der Waals surface area contributed by atoms with Crippen LogP contribution in [0.1, 0.15) is 30.4 Å². The van der Waals surface area contributed by atoms with Crippen molar-refractivity contribution < 1.29 is 19.1 Å². The minimum atomic E-state index is -0.729. The Morgan fingerprint density at radius 2 is 2.00 bits per heavy atom. The topological polar surface area (TPSA) is 128 Å². The van der Waals surface area contributed by atoms with Gasteiger partial charge in [-0.1, -0.05) is 6.07 Å². The van der Waals surface area contributed by atoms with Gasteiger partial charge in [0.1, 0.15) is 9.71 Å². The molecule has 1 aromatic carbocycles. The minimum absolute atomic E-state index is 0.0198. The second-order valence-corrected chi connectivity index (χ2v) is 8.06. The molecule has 0 unspecified atom stereocenters. The van der Waals surface area contributed by atoms with Crippen LogP contribution in [0, 0.1) is 5.82 Å². The normalized spacial score (nSPS) is 11.6. The summed E-state index contributed by atoms with van der Waals surface area (Å²) in [4.78, 5) is 20.8. The van der Waals surface area contributed by atoms with Gasteiger partial charge in [0.15, 0.2) is 11.6 Å². The van der Waals surface area contributed by atoms with Gasteiger partial charge in [0, 0.05) is 5.56 Å². The van der Waals surface area contributed by atoms with E-state index in [0.717, 1.165) is 16.4 Å². The van der Waals surface area contributed by atoms with Crippen LogP contribution in [0.4, 0.5) is 16.0 Å². The highest BCUT2D eigenvalue weighted by atomic mass is 32.1. The number of nitrogens with two attached hydrogens (primary N) is 2. The molecule has 3 aromatic rings. The van der Waals surface area contributed by atoms with Crippen LogP contribution in [0.15, 0.2) is 18.2 Å². The number of hydroxylamine groups is 1. The largest absolute Gasteiger partial charge is 0.494 e. The monoisotopic (exact) mass is 405 g/mol. The highest BCUT2D eigenvalue weighted by Crippen LogP contribution is 2.41. The van der Waals surface area contributed by atoms with Crippen molar-refractivity contribution in [2.24, 2.45) is 5.73 Å². The number of halogens is 1. The first-order valence-corrected chi connectivity index (χ1v) is 9.09. The molecule has 0 saturated heterocycles. The molecule has 5 N–H and O–H groups in total. The van der Waals surface area contributed by atoms with Crippen molar-refractivity contribution in [3.63, 3.8) is 0 Å². The molecule has 2 heterocycles. The number of nitrogens with zero attached hydrogens (tertiary/aromatic N) is 3. The van der Waals surface area contributed by atoms with Gasteiger partial charge in [-0.3, -0.25) is 10.0 Å². The number of aromatic nitrogens is 2. The number of nitrogen functional groups attached to an aromatic ring is 1. The fraction of sp³-hybridized carbons (Fsp3) is 0.278. The van der Waals surface area contributed by atoms with Gasteiger partial charge in [-0.15, -0.1) is 11.3 Å². The van der Waals surface area contributed by atoms with Crippen LogP contribution in [-0.2, 0) is 0 Å². The third-order valence-corrected chi connectivity index (χ3v) is 5.18. The molecular formula is C18H20FN5O3S. The average molecular weight is 405 g/mol. The van der Waals surface area contributed by atoms with Gasteiger partial charge >= 0.3 is 0 Å². The standard InChI is InChI=1S/C18H20FN5O3S/c1-18(2,3)24(26)17-22-13(8-6-5-7-9(27-4)11(8)19)10-12(20)14(15(21)25)28-16(10)23-17/h5-7,26H,20H2,1-4H3,(H2,21,25). The van der Waals surface area contributed by atoms with Gasteiger partial charge < -0.3 is 16.2 Å². The summed E-state index contributed by atoms with van der Waals surface area (Å²) in [7, 11) is 1.35. The van der Waals surface area contributed by atoms with Crippen molar-refractivity contribution in [2.75, 3.05) is 17.9 Å². The number of anilines is 2. The molecule has 1 amide bonds. The Morgan fingerprint density at radius 3 is 2.57 bits per heavy atom. The van der Waals surface area contributed by atoms with E-state index >= 15 is 0 Å². The molecule has 0 aliphatic carbocycles. The zero-order valence-corrected chi connectivity index (χ0v) is 16.6. The average Bonchev–Trinajstić information content (AvgIpc) is 2.97. The number of hydrogen-bond acceptors (Lipinski definition) is 8. The van der Waals surface area contributed by atoms with Crippen molar-refractivity contribution in [1.82, 2.24) is 9.97 Å². The molecule has 0 bridgehead atoms. The van der Waals surface area contributed by atoms with Gasteiger partial charge in [-0.2, -0.15) is 4.98 Å². The maximum absolute atomic E-state index is 15.0.